The number of amides is 1. The minimum absolute atomic E-state index is 0.283. The summed E-state index contributed by atoms with van der Waals surface area (Å²) in [6, 6.07) is 0.456. The van der Waals surface area contributed by atoms with Crippen molar-refractivity contribution in [3.8, 4) is 0 Å². The lowest BCUT2D eigenvalue weighted by atomic mass is 9.65. The first-order valence-corrected chi connectivity index (χ1v) is 5.95. The number of hydrogen-bond donors (Lipinski definition) is 1. The zero-order valence-electron chi connectivity index (χ0n) is 9.31. The largest absolute Gasteiger partial charge is 0.353 e. The van der Waals surface area contributed by atoms with E-state index in [0.717, 1.165) is 18.8 Å². The van der Waals surface area contributed by atoms with Crippen LogP contribution in [0.3, 0.4) is 0 Å². The molecule has 2 aliphatic rings. The lowest BCUT2D eigenvalue weighted by molar-refractivity contribution is -0.119. The summed E-state index contributed by atoms with van der Waals surface area (Å²) >= 11 is 0. The molecule has 1 aliphatic heterocycles. The summed E-state index contributed by atoms with van der Waals surface area (Å²) in [7, 11) is 0. The fraction of sp³-hybridized carbons (Fsp3) is 0.917. The van der Waals surface area contributed by atoms with Crippen molar-refractivity contribution >= 4 is 5.91 Å². The molecule has 1 saturated heterocycles. The summed E-state index contributed by atoms with van der Waals surface area (Å²) in [6.07, 6.45) is 7.06. The van der Waals surface area contributed by atoms with Gasteiger partial charge in [0.1, 0.15) is 0 Å². The van der Waals surface area contributed by atoms with Gasteiger partial charge in [-0.2, -0.15) is 0 Å². The summed E-state index contributed by atoms with van der Waals surface area (Å²) in [6.45, 7) is 4.52. The average Bonchev–Trinajstić information content (AvgIpc) is 2.41. The molecule has 1 spiro atoms. The maximum atomic E-state index is 11.5. The van der Waals surface area contributed by atoms with E-state index in [1.807, 2.05) is 0 Å². The number of rotatable bonds is 1. The van der Waals surface area contributed by atoms with Crippen LogP contribution in [0.5, 0.6) is 0 Å². The predicted molar refractivity (Wildman–Crippen MR) is 56.9 cm³/mol. The molecule has 0 aromatic rings. The molecular weight excluding hydrogens is 174 g/mol. The van der Waals surface area contributed by atoms with E-state index >= 15 is 0 Å². The third-order valence-electron chi connectivity index (χ3n) is 4.12. The van der Waals surface area contributed by atoms with Crippen LogP contribution in [0.1, 0.15) is 52.4 Å². The first kappa shape index (κ1) is 10.0. The minimum atomic E-state index is 0.283. The molecule has 2 fully saturated rings. The van der Waals surface area contributed by atoms with Crippen LogP contribution in [0.2, 0.25) is 0 Å². The first-order chi connectivity index (χ1) is 6.66. The van der Waals surface area contributed by atoms with Gasteiger partial charge < -0.3 is 5.32 Å². The van der Waals surface area contributed by atoms with Crippen LogP contribution < -0.4 is 5.32 Å². The minimum Gasteiger partial charge on any atom is -0.353 e. The Balaban J connectivity index is 2.15. The first-order valence-electron chi connectivity index (χ1n) is 5.95. The van der Waals surface area contributed by atoms with Crippen molar-refractivity contribution in [2.24, 2.45) is 11.3 Å². The fourth-order valence-electron chi connectivity index (χ4n) is 3.55. The molecule has 1 saturated carbocycles. The Bertz CT molecular complexity index is 238. The molecular formula is C12H21NO. The topological polar surface area (TPSA) is 29.1 Å². The maximum Gasteiger partial charge on any atom is 0.220 e. The van der Waals surface area contributed by atoms with Gasteiger partial charge in [0.25, 0.3) is 0 Å². The van der Waals surface area contributed by atoms with Gasteiger partial charge in [0.15, 0.2) is 0 Å². The Hall–Kier alpha value is -0.530. The maximum absolute atomic E-state index is 11.5. The van der Waals surface area contributed by atoms with Gasteiger partial charge in [0, 0.05) is 12.5 Å². The Morgan fingerprint density at radius 2 is 2.36 bits per heavy atom. The van der Waals surface area contributed by atoms with E-state index in [2.05, 4.69) is 19.2 Å². The zero-order valence-corrected chi connectivity index (χ0v) is 9.31. The van der Waals surface area contributed by atoms with Crippen LogP contribution in [0.4, 0.5) is 0 Å². The fourth-order valence-corrected chi connectivity index (χ4v) is 3.55. The molecule has 0 aromatic heterocycles. The van der Waals surface area contributed by atoms with E-state index in [0.29, 0.717) is 11.5 Å². The van der Waals surface area contributed by atoms with Gasteiger partial charge >= 0.3 is 0 Å². The summed E-state index contributed by atoms with van der Waals surface area (Å²) in [5.74, 6) is 1.09. The quantitative estimate of drug-likeness (QED) is 0.684. The molecule has 1 heterocycles. The Labute approximate surface area is 86.5 Å². The summed E-state index contributed by atoms with van der Waals surface area (Å²) in [5.41, 5.74) is 0.323. The van der Waals surface area contributed by atoms with E-state index < -0.39 is 0 Å². The average molecular weight is 195 g/mol. The molecule has 2 heteroatoms. The molecule has 1 amide bonds. The van der Waals surface area contributed by atoms with Crippen LogP contribution in [0.15, 0.2) is 0 Å². The van der Waals surface area contributed by atoms with Crippen molar-refractivity contribution < 1.29 is 4.79 Å². The molecule has 2 nitrogen and oxygen atoms in total. The van der Waals surface area contributed by atoms with Crippen molar-refractivity contribution in [2.45, 2.75) is 58.4 Å². The van der Waals surface area contributed by atoms with Crippen LogP contribution in [0, 0.1) is 11.3 Å². The van der Waals surface area contributed by atoms with Gasteiger partial charge in [-0.3, -0.25) is 4.79 Å². The highest BCUT2D eigenvalue weighted by atomic mass is 16.2. The normalized spacial score (nSPS) is 42.9. The molecule has 80 valence electrons. The van der Waals surface area contributed by atoms with Gasteiger partial charge in [-0.25, -0.2) is 0 Å². The Kier molecular flexibility index (Phi) is 2.54. The predicted octanol–water partition coefficient (Wildman–Crippen LogP) is 2.48. The van der Waals surface area contributed by atoms with Gasteiger partial charge in [-0.1, -0.05) is 26.7 Å². The van der Waals surface area contributed by atoms with Gasteiger partial charge in [-0.05, 0) is 30.6 Å². The lowest BCUT2D eigenvalue weighted by Gasteiger charge is -2.40. The van der Waals surface area contributed by atoms with Crippen molar-refractivity contribution in [1.82, 2.24) is 5.32 Å². The smallest absolute Gasteiger partial charge is 0.220 e. The van der Waals surface area contributed by atoms with Crippen LogP contribution in [0.25, 0.3) is 0 Å². The second-order valence-electron chi connectivity index (χ2n) is 5.27. The molecule has 3 atom stereocenters. The van der Waals surface area contributed by atoms with Crippen LogP contribution in [-0.4, -0.2) is 11.9 Å². The molecule has 14 heavy (non-hydrogen) atoms. The van der Waals surface area contributed by atoms with E-state index in [4.69, 9.17) is 0 Å². The van der Waals surface area contributed by atoms with Gasteiger partial charge in [0.05, 0.1) is 0 Å². The number of carbonyl (C=O) groups excluding carboxylic acids is 1. The summed E-state index contributed by atoms with van der Waals surface area (Å²) in [4.78, 5) is 11.5. The molecule has 2 rings (SSSR count). The lowest BCUT2D eigenvalue weighted by Crippen LogP contribution is -2.39. The van der Waals surface area contributed by atoms with Crippen molar-refractivity contribution in [2.75, 3.05) is 0 Å². The van der Waals surface area contributed by atoms with E-state index in [9.17, 15) is 4.79 Å². The molecule has 1 aliphatic carbocycles. The number of carbonyl (C=O) groups is 1. The second-order valence-corrected chi connectivity index (χ2v) is 5.27. The van der Waals surface area contributed by atoms with Crippen molar-refractivity contribution in [1.29, 1.82) is 0 Å². The molecule has 3 unspecified atom stereocenters. The monoisotopic (exact) mass is 195 g/mol. The van der Waals surface area contributed by atoms with Crippen LogP contribution >= 0.6 is 0 Å². The van der Waals surface area contributed by atoms with E-state index in [-0.39, 0.29) is 5.91 Å². The summed E-state index contributed by atoms with van der Waals surface area (Å²) < 4.78 is 0. The third kappa shape index (κ3) is 1.55. The van der Waals surface area contributed by atoms with E-state index in [1.54, 1.807) is 0 Å². The van der Waals surface area contributed by atoms with Gasteiger partial charge in [-0.15, -0.1) is 0 Å². The third-order valence-corrected chi connectivity index (χ3v) is 4.12. The highest BCUT2D eigenvalue weighted by Gasteiger charge is 2.47. The van der Waals surface area contributed by atoms with Crippen molar-refractivity contribution in [3.63, 3.8) is 0 Å². The Morgan fingerprint density at radius 3 is 3.00 bits per heavy atom. The molecule has 1 N–H and O–H groups in total. The highest BCUT2D eigenvalue weighted by molar-refractivity contribution is 5.80. The standard InChI is InChI=1S/C12H21NO/c1-3-10-12(8-11(14)13-10)6-4-5-9(2)7-12/h9-10H,3-8H2,1-2H3,(H,13,14). The molecule has 0 aromatic carbocycles. The second kappa shape index (κ2) is 3.56. The zero-order chi connectivity index (χ0) is 10.2. The van der Waals surface area contributed by atoms with Crippen molar-refractivity contribution in [3.05, 3.63) is 0 Å². The SMILES string of the molecule is CCC1NC(=O)CC12CCCC(C)C2. The molecule has 0 radical (unpaired) electrons. The highest BCUT2D eigenvalue weighted by Crippen LogP contribution is 2.47. The summed E-state index contributed by atoms with van der Waals surface area (Å²) in [5, 5.41) is 3.15. The molecule has 0 bridgehead atoms. The van der Waals surface area contributed by atoms with Gasteiger partial charge in [0.2, 0.25) is 5.91 Å². The van der Waals surface area contributed by atoms with Crippen LogP contribution in [-0.2, 0) is 4.79 Å². The number of hydrogen-bond acceptors (Lipinski definition) is 1. The van der Waals surface area contributed by atoms with E-state index in [1.165, 1.54) is 25.7 Å². The number of nitrogens with one attached hydrogen (secondary N) is 1. The Morgan fingerprint density at radius 1 is 1.57 bits per heavy atom.